The quantitative estimate of drug-likeness (QED) is 0.251. The number of rotatable bonds is 9. The Balaban J connectivity index is 1.57. The molecule has 206 valence electrons. The number of allylic oxidation sites excluding steroid dienone is 2. The average Bonchev–Trinajstić information content (AvgIpc) is 3.28. The van der Waals surface area contributed by atoms with Gasteiger partial charge in [0.15, 0.2) is 17.3 Å². The van der Waals surface area contributed by atoms with Crippen LogP contribution < -0.4 is 14.8 Å². The Hall–Kier alpha value is -2.78. The molecule has 0 fully saturated rings. The van der Waals surface area contributed by atoms with Crippen molar-refractivity contribution in [2.75, 3.05) is 17.7 Å². The first kappa shape index (κ1) is 27.8. The summed E-state index contributed by atoms with van der Waals surface area (Å²) in [4.78, 5) is 18.4. The highest BCUT2D eigenvalue weighted by atomic mass is 79.9. The maximum atomic E-state index is 13.6. The van der Waals surface area contributed by atoms with E-state index in [0.29, 0.717) is 42.2 Å². The Bertz CT molecular complexity index is 1410. The highest BCUT2D eigenvalue weighted by Gasteiger charge is 2.42. The fourth-order valence-corrected chi connectivity index (χ4v) is 6.40. The van der Waals surface area contributed by atoms with Crippen LogP contribution in [-0.4, -0.2) is 32.9 Å². The van der Waals surface area contributed by atoms with Crippen LogP contribution in [-0.2, 0) is 11.4 Å². The number of nitrogens with one attached hydrogen (secondary N) is 1. The molecule has 3 aromatic rings. The lowest BCUT2D eigenvalue weighted by atomic mass is 9.73. The number of thioether (sulfide) groups is 1. The Morgan fingerprint density at radius 1 is 1.15 bits per heavy atom. The van der Waals surface area contributed by atoms with E-state index in [-0.39, 0.29) is 11.2 Å². The second-order valence-electron chi connectivity index (χ2n) is 10.9. The van der Waals surface area contributed by atoms with Crippen LogP contribution in [0.15, 0.2) is 57.3 Å². The summed E-state index contributed by atoms with van der Waals surface area (Å²) in [7, 11) is 0. The summed E-state index contributed by atoms with van der Waals surface area (Å²) in [5.41, 5.74) is 4.74. The molecule has 0 spiro atoms. The van der Waals surface area contributed by atoms with Crippen LogP contribution in [0.5, 0.6) is 11.5 Å². The Morgan fingerprint density at radius 2 is 1.92 bits per heavy atom. The number of ketones is 1. The number of carbonyl (C=O) groups excluding carboxylic acids is 1. The summed E-state index contributed by atoms with van der Waals surface area (Å²) in [6.07, 6.45) is 2.29. The summed E-state index contributed by atoms with van der Waals surface area (Å²) in [6.45, 7) is 11.3. The molecule has 0 radical (unpaired) electrons. The molecule has 2 aromatic carbocycles. The third-order valence-electron chi connectivity index (χ3n) is 6.90. The zero-order valence-corrected chi connectivity index (χ0v) is 25.5. The van der Waals surface area contributed by atoms with Crippen LogP contribution in [0.4, 0.5) is 5.95 Å². The lowest BCUT2D eigenvalue weighted by molar-refractivity contribution is -0.118. The molecule has 0 saturated carbocycles. The maximum absolute atomic E-state index is 13.6. The van der Waals surface area contributed by atoms with Crippen LogP contribution in [0, 0.1) is 12.3 Å². The summed E-state index contributed by atoms with van der Waals surface area (Å²) < 4.78 is 15.0. The first-order chi connectivity index (χ1) is 18.7. The van der Waals surface area contributed by atoms with E-state index in [4.69, 9.17) is 19.6 Å². The molecule has 1 aliphatic carbocycles. The van der Waals surface area contributed by atoms with Crippen LogP contribution in [0.1, 0.15) is 69.7 Å². The fraction of sp³-hybridized carbons (Fsp3) is 0.433. The molecule has 9 heteroatoms. The van der Waals surface area contributed by atoms with E-state index in [1.165, 1.54) is 5.56 Å². The number of nitrogens with zero attached hydrogens (tertiary/aromatic N) is 3. The van der Waals surface area contributed by atoms with Crippen molar-refractivity contribution >= 4 is 39.4 Å². The molecule has 5 rings (SSSR count). The largest absolute Gasteiger partial charge is 0.490 e. The topological polar surface area (TPSA) is 78.3 Å². The van der Waals surface area contributed by atoms with Crippen LogP contribution in [0.3, 0.4) is 0 Å². The molecule has 1 aromatic heterocycles. The van der Waals surface area contributed by atoms with Crippen LogP contribution in [0.25, 0.3) is 0 Å². The minimum Gasteiger partial charge on any atom is -0.490 e. The van der Waals surface area contributed by atoms with Gasteiger partial charge in [-0.15, -0.1) is 5.10 Å². The highest BCUT2D eigenvalue weighted by molar-refractivity contribution is 9.10. The minimum absolute atomic E-state index is 0.125. The third-order valence-corrected chi connectivity index (χ3v) is 8.53. The summed E-state index contributed by atoms with van der Waals surface area (Å²) in [5.74, 6) is 2.99. The molecule has 1 atom stereocenters. The van der Waals surface area contributed by atoms with Crippen molar-refractivity contribution in [1.29, 1.82) is 0 Å². The minimum atomic E-state index is -0.412. The second kappa shape index (κ2) is 11.4. The smallest absolute Gasteiger partial charge is 0.227 e. The summed E-state index contributed by atoms with van der Waals surface area (Å²) in [6, 6.07) is 11.9. The van der Waals surface area contributed by atoms with Crippen molar-refractivity contribution in [2.24, 2.45) is 5.41 Å². The van der Waals surface area contributed by atoms with Crippen molar-refractivity contribution in [3.63, 3.8) is 0 Å². The van der Waals surface area contributed by atoms with E-state index in [1.54, 1.807) is 11.8 Å². The molecule has 0 saturated heterocycles. The summed E-state index contributed by atoms with van der Waals surface area (Å²) >= 11 is 5.38. The SMILES string of the molecule is CCCSc1nc2n(n1)C(c1cc(Br)c(OCc3ccc(C)cc3)c(OCC)c1)C1=C(CC(C)(C)CC1=O)N2. The van der Waals surface area contributed by atoms with Gasteiger partial charge >= 0.3 is 0 Å². The zero-order valence-electron chi connectivity index (χ0n) is 23.1. The molecule has 7 nitrogen and oxygen atoms in total. The number of hydrogen-bond acceptors (Lipinski definition) is 7. The van der Waals surface area contributed by atoms with Gasteiger partial charge in [0.1, 0.15) is 12.6 Å². The van der Waals surface area contributed by atoms with Crippen molar-refractivity contribution in [3.8, 4) is 11.5 Å². The van der Waals surface area contributed by atoms with Crippen molar-refractivity contribution < 1.29 is 14.3 Å². The molecule has 0 bridgehead atoms. The van der Waals surface area contributed by atoms with Gasteiger partial charge in [0, 0.05) is 23.4 Å². The number of anilines is 1. The van der Waals surface area contributed by atoms with Crippen molar-refractivity contribution in [2.45, 2.75) is 71.7 Å². The molecule has 2 heterocycles. The van der Waals surface area contributed by atoms with E-state index in [9.17, 15) is 4.79 Å². The van der Waals surface area contributed by atoms with Gasteiger partial charge in [-0.05, 0) is 71.3 Å². The molecule has 1 N–H and O–H groups in total. The lowest BCUT2D eigenvalue weighted by Crippen LogP contribution is -2.36. The van der Waals surface area contributed by atoms with Gasteiger partial charge in [-0.1, -0.05) is 62.4 Å². The van der Waals surface area contributed by atoms with Gasteiger partial charge in [-0.25, -0.2) is 4.68 Å². The maximum Gasteiger partial charge on any atom is 0.227 e. The summed E-state index contributed by atoms with van der Waals surface area (Å²) in [5, 5.41) is 9.01. The fourth-order valence-electron chi connectivity index (χ4n) is 5.14. The standard InChI is InChI=1S/C30H35BrN4O3S/c1-6-12-39-29-33-28-32-22-15-30(4,5)16-23(36)25(22)26(35(28)34-29)20-13-21(31)27(24(14-20)37-7-2)38-17-19-10-8-18(3)9-11-19/h8-11,13-14,26H,6-7,12,15-17H2,1-5H3,(H,32,33,34). The number of aromatic nitrogens is 3. The van der Waals surface area contributed by atoms with Crippen LogP contribution >= 0.6 is 27.7 Å². The molecule has 1 unspecified atom stereocenters. The van der Waals surface area contributed by atoms with Gasteiger partial charge in [-0.2, -0.15) is 4.98 Å². The number of ether oxygens (including phenoxy) is 2. The number of carbonyl (C=O) groups is 1. The van der Waals surface area contributed by atoms with Crippen molar-refractivity contribution in [3.05, 3.63) is 68.8 Å². The Kier molecular flexibility index (Phi) is 8.10. The number of hydrogen-bond donors (Lipinski definition) is 1. The average molecular weight is 612 g/mol. The number of halogens is 1. The number of Topliss-reactive ketones (excluding diaryl/α,β-unsaturated/α-hetero) is 1. The van der Waals surface area contributed by atoms with E-state index >= 15 is 0 Å². The van der Waals surface area contributed by atoms with E-state index in [0.717, 1.165) is 45.5 Å². The Morgan fingerprint density at radius 3 is 2.64 bits per heavy atom. The van der Waals surface area contributed by atoms with Gasteiger partial charge < -0.3 is 14.8 Å². The molecule has 39 heavy (non-hydrogen) atoms. The number of fused-ring (bicyclic) bond motifs is 1. The molecular weight excluding hydrogens is 576 g/mol. The zero-order chi connectivity index (χ0) is 27.7. The predicted molar refractivity (Wildman–Crippen MR) is 159 cm³/mol. The highest BCUT2D eigenvalue weighted by Crippen LogP contribution is 2.48. The van der Waals surface area contributed by atoms with Gasteiger partial charge in [-0.3, -0.25) is 4.79 Å². The van der Waals surface area contributed by atoms with E-state index in [1.807, 2.05) is 23.7 Å². The second-order valence-corrected chi connectivity index (χ2v) is 12.8. The molecule has 2 aliphatic rings. The van der Waals surface area contributed by atoms with Gasteiger partial charge in [0.25, 0.3) is 0 Å². The van der Waals surface area contributed by atoms with E-state index < -0.39 is 6.04 Å². The normalized spacial score (nSPS) is 17.9. The predicted octanol–water partition coefficient (Wildman–Crippen LogP) is 7.49. The molecule has 1 aliphatic heterocycles. The van der Waals surface area contributed by atoms with Crippen molar-refractivity contribution in [1.82, 2.24) is 14.8 Å². The van der Waals surface area contributed by atoms with E-state index in [2.05, 4.69) is 73.2 Å². The van der Waals surface area contributed by atoms with Crippen LogP contribution in [0.2, 0.25) is 0 Å². The number of benzene rings is 2. The number of aryl methyl sites for hydroxylation is 1. The van der Waals surface area contributed by atoms with Gasteiger partial charge in [0.2, 0.25) is 11.1 Å². The monoisotopic (exact) mass is 610 g/mol. The molecule has 0 amide bonds. The Labute approximate surface area is 242 Å². The molecular formula is C30H35BrN4O3S. The lowest BCUT2D eigenvalue weighted by Gasteiger charge is -2.38. The first-order valence-electron chi connectivity index (χ1n) is 13.5. The third kappa shape index (κ3) is 5.89. The first-order valence-corrected chi connectivity index (χ1v) is 15.2. The van der Waals surface area contributed by atoms with Gasteiger partial charge in [0.05, 0.1) is 11.1 Å².